The van der Waals surface area contributed by atoms with Crippen molar-refractivity contribution in [3.63, 3.8) is 0 Å². The van der Waals surface area contributed by atoms with Crippen LogP contribution in [0.25, 0.3) is 0 Å². The molecule has 7 nitrogen and oxygen atoms in total. The highest BCUT2D eigenvalue weighted by molar-refractivity contribution is 5.40. The van der Waals surface area contributed by atoms with Gasteiger partial charge in [0.25, 0.3) is 5.69 Å². The Morgan fingerprint density at radius 2 is 1.96 bits per heavy atom. The van der Waals surface area contributed by atoms with Crippen molar-refractivity contribution in [2.75, 3.05) is 38.2 Å². The number of nitrogens with zero attached hydrogens (tertiary/aromatic N) is 3. The van der Waals surface area contributed by atoms with Crippen LogP contribution in [-0.2, 0) is 4.74 Å². The summed E-state index contributed by atoms with van der Waals surface area (Å²) in [6, 6.07) is 11.8. The smallest absolute Gasteiger partial charge is 0.287 e. The maximum Gasteiger partial charge on any atom is 0.287 e. The molecular formula is C18H22N4O3. The van der Waals surface area contributed by atoms with Gasteiger partial charge in [-0.05, 0) is 18.6 Å². The van der Waals surface area contributed by atoms with Crippen LogP contribution in [0.15, 0.2) is 42.6 Å². The summed E-state index contributed by atoms with van der Waals surface area (Å²) in [7, 11) is 0. The van der Waals surface area contributed by atoms with Crippen LogP contribution in [0.1, 0.15) is 17.2 Å². The molecule has 1 aromatic heterocycles. The molecule has 7 heteroatoms. The van der Waals surface area contributed by atoms with Gasteiger partial charge >= 0.3 is 0 Å². The quantitative estimate of drug-likeness (QED) is 0.642. The highest BCUT2D eigenvalue weighted by Crippen LogP contribution is 2.23. The van der Waals surface area contributed by atoms with Crippen molar-refractivity contribution in [2.45, 2.75) is 13.0 Å². The van der Waals surface area contributed by atoms with E-state index < -0.39 is 4.92 Å². The molecule has 25 heavy (non-hydrogen) atoms. The van der Waals surface area contributed by atoms with Gasteiger partial charge in [0.05, 0.1) is 24.2 Å². The lowest BCUT2D eigenvalue weighted by Crippen LogP contribution is -2.41. The van der Waals surface area contributed by atoms with Crippen LogP contribution in [-0.4, -0.2) is 47.7 Å². The number of morpholine rings is 1. The van der Waals surface area contributed by atoms with Crippen LogP contribution in [0.5, 0.6) is 0 Å². The molecular weight excluding hydrogens is 320 g/mol. The van der Waals surface area contributed by atoms with Gasteiger partial charge in [0.2, 0.25) is 0 Å². The first kappa shape index (κ1) is 17.3. The van der Waals surface area contributed by atoms with E-state index in [-0.39, 0.29) is 11.7 Å². The number of aryl methyl sites for hydroxylation is 1. The Hall–Kier alpha value is -2.51. The molecule has 3 rings (SSSR count). The summed E-state index contributed by atoms with van der Waals surface area (Å²) >= 11 is 0. The molecule has 1 aromatic carbocycles. The fourth-order valence-electron chi connectivity index (χ4n) is 2.94. The minimum Gasteiger partial charge on any atom is -0.379 e. The van der Waals surface area contributed by atoms with E-state index in [9.17, 15) is 10.1 Å². The van der Waals surface area contributed by atoms with Gasteiger partial charge in [0, 0.05) is 25.7 Å². The predicted octanol–water partition coefficient (Wildman–Crippen LogP) is 2.78. The molecule has 0 radical (unpaired) electrons. The summed E-state index contributed by atoms with van der Waals surface area (Å²) < 4.78 is 5.46. The first-order valence-electron chi connectivity index (χ1n) is 8.36. The average molecular weight is 342 g/mol. The molecule has 0 amide bonds. The van der Waals surface area contributed by atoms with E-state index in [2.05, 4.69) is 46.4 Å². The molecule has 0 aliphatic carbocycles. The fourth-order valence-corrected chi connectivity index (χ4v) is 2.94. The van der Waals surface area contributed by atoms with E-state index in [4.69, 9.17) is 4.74 Å². The molecule has 0 saturated carbocycles. The number of hydrogen-bond donors (Lipinski definition) is 1. The number of ether oxygens (including phenoxy) is 1. The lowest BCUT2D eigenvalue weighted by Gasteiger charge is -2.35. The standard InChI is InChI=1S/C18H22N4O3/c1-14-2-4-15(5-3-14)17(21-8-10-25-11-9-21)13-20-18-7-6-16(12-19-18)22(23)24/h2-7,12,17H,8-11,13H2,1H3,(H,19,20). The molecule has 1 N–H and O–H groups in total. The number of anilines is 1. The van der Waals surface area contributed by atoms with Crippen LogP contribution in [0.3, 0.4) is 0 Å². The number of pyridine rings is 1. The van der Waals surface area contributed by atoms with Crippen LogP contribution in [0, 0.1) is 17.0 Å². The largest absolute Gasteiger partial charge is 0.379 e. The summed E-state index contributed by atoms with van der Waals surface area (Å²) in [5.41, 5.74) is 2.46. The summed E-state index contributed by atoms with van der Waals surface area (Å²) in [5.74, 6) is 0.635. The van der Waals surface area contributed by atoms with Crippen LogP contribution >= 0.6 is 0 Å². The number of rotatable bonds is 6. The van der Waals surface area contributed by atoms with Gasteiger partial charge in [-0.15, -0.1) is 0 Å². The van der Waals surface area contributed by atoms with Gasteiger partial charge < -0.3 is 10.1 Å². The Kier molecular flexibility index (Phi) is 5.57. The molecule has 1 aliphatic heterocycles. The number of nitro groups is 1. The topological polar surface area (TPSA) is 80.5 Å². The minimum absolute atomic E-state index is 0.00573. The highest BCUT2D eigenvalue weighted by atomic mass is 16.6. The minimum atomic E-state index is -0.445. The molecule has 0 spiro atoms. The van der Waals surface area contributed by atoms with Crippen molar-refractivity contribution >= 4 is 11.5 Å². The van der Waals surface area contributed by atoms with Crippen molar-refractivity contribution < 1.29 is 9.66 Å². The van der Waals surface area contributed by atoms with E-state index in [1.807, 2.05) is 0 Å². The van der Waals surface area contributed by atoms with Crippen molar-refractivity contribution in [3.05, 3.63) is 63.8 Å². The Morgan fingerprint density at radius 1 is 1.24 bits per heavy atom. The monoisotopic (exact) mass is 342 g/mol. The normalized spacial score (nSPS) is 16.4. The van der Waals surface area contributed by atoms with Gasteiger partial charge in [0.1, 0.15) is 12.0 Å². The van der Waals surface area contributed by atoms with E-state index in [0.717, 1.165) is 26.3 Å². The van der Waals surface area contributed by atoms with E-state index >= 15 is 0 Å². The third-order valence-electron chi connectivity index (χ3n) is 4.38. The van der Waals surface area contributed by atoms with Crippen LogP contribution in [0.4, 0.5) is 11.5 Å². The zero-order valence-corrected chi connectivity index (χ0v) is 14.2. The van der Waals surface area contributed by atoms with Gasteiger partial charge in [-0.2, -0.15) is 0 Å². The number of nitrogens with one attached hydrogen (secondary N) is 1. The van der Waals surface area contributed by atoms with Crippen LogP contribution < -0.4 is 5.32 Å². The second kappa shape index (κ2) is 8.04. The third-order valence-corrected chi connectivity index (χ3v) is 4.38. The summed E-state index contributed by atoms with van der Waals surface area (Å²) in [6.07, 6.45) is 1.28. The third kappa shape index (κ3) is 4.52. The second-order valence-electron chi connectivity index (χ2n) is 6.11. The van der Waals surface area contributed by atoms with E-state index in [1.165, 1.54) is 23.4 Å². The van der Waals surface area contributed by atoms with E-state index in [0.29, 0.717) is 12.4 Å². The SMILES string of the molecule is Cc1ccc(C(CNc2ccc([N+](=O)[O-])cn2)N2CCOCC2)cc1. The lowest BCUT2D eigenvalue weighted by molar-refractivity contribution is -0.385. The van der Waals surface area contributed by atoms with Crippen molar-refractivity contribution in [1.29, 1.82) is 0 Å². The predicted molar refractivity (Wildman–Crippen MR) is 95.7 cm³/mol. The first-order chi connectivity index (χ1) is 12.1. The second-order valence-corrected chi connectivity index (χ2v) is 6.11. The number of aromatic nitrogens is 1. The van der Waals surface area contributed by atoms with Crippen molar-refractivity contribution in [2.24, 2.45) is 0 Å². The Balaban J connectivity index is 1.72. The first-order valence-corrected chi connectivity index (χ1v) is 8.36. The van der Waals surface area contributed by atoms with E-state index in [1.54, 1.807) is 6.07 Å². The molecule has 2 heterocycles. The lowest BCUT2D eigenvalue weighted by atomic mass is 10.0. The highest BCUT2D eigenvalue weighted by Gasteiger charge is 2.22. The molecule has 1 aliphatic rings. The molecule has 1 fully saturated rings. The molecule has 132 valence electrons. The Bertz CT molecular complexity index is 697. The van der Waals surface area contributed by atoms with Gasteiger partial charge in [-0.3, -0.25) is 15.0 Å². The zero-order valence-electron chi connectivity index (χ0n) is 14.2. The zero-order chi connectivity index (χ0) is 17.6. The molecule has 0 bridgehead atoms. The Labute approximate surface area is 146 Å². The molecule has 1 saturated heterocycles. The van der Waals surface area contributed by atoms with Gasteiger partial charge in [0.15, 0.2) is 0 Å². The molecule has 1 unspecified atom stereocenters. The molecule has 1 atom stereocenters. The number of hydrogen-bond acceptors (Lipinski definition) is 6. The maximum atomic E-state index is 10.7. The average Bonchev–Trinajstić information content (AvgIpc) is 2.64. The van der Waals surface area contributed by atoms with Crippen LogP contribution in [0.2, 0.25) is 0 Å². The van der Waals surface area contributed by atoms with Gasteiger partial charge in [-0.25, -0.2) is 4.98 Å². The summed E-state index contributed by atoms with van der Waals surface area (Å²) in [5, 5.41) is 14.0. The fraction of sp³-hybridized carbons (Fsp3) is 0.389. The summed E-state index contributed by atoms with van der Waals surface area (Å²) in [6.45, 7) is 5.98. The van der Waals surface area contributed by atoms with Gasteiger partial charge in [-0.1, -0.05) is 29.8 Å². The Morgan fingerprint density at radius 3 is 2.56 bits per heavy atom. The van der Waals surface area contributed by atoms with Crippen molar-refractivity contribution in [3.8, 4) is 0 Å². The number of benzene rings is 1. The summed E-state index contributed by atoms with van der Waals surface area (Å²) in [4.78, 5) is 16.8. The maximum absolute atomic E-state index is 10.7. The van der Waals surface area contributed by atoms with Crippen molar-refractivity contribution in [1.82, 2.24) is 9.88 Å². The molecule has 2 aromatic rings.